The summed E-state index contributed by atoms with van der Waals surface area (Å²) >= 11 is 3.46. The average Bonchev–Trinajstić information content (AvgIpc) is 2.89. The van der Waals surface area contributed by atoms with E-state index in [-0.39, 0.29) is 0 Å². The van der Waals surface area contributed by atoms with Crippen molar-refractivity contribution in [3.05, 3.63) is 59.7 Å². The summed E-state index contributed by atoms with van der Waals surface area (Å²) in [6.07, 6.45) is 6.98. The van der Waals surface area contributed by atoms with Crippen molar-refractivity contribution in [2.45, 2.75) is 0 Å². The summed E-state index contributed by atoms with van der Waals surface area (Å²) in [4.78, 5) is 8.04. The molecule has 5 heteroatoms. The molecule has 0 saturated carbocycles. The highest BCUT2D eigenvalue weighted by Crippen LogP contribution is 2.22. The Morgan fingerprint density at radius 2 is 2.06 bits per heavy atom. The second kappa shape index (κ2) is 4.70. The fourth-order valence-electron chi connectivity index (χ4n) is 1.68. The average molecular weight is 301 g/mol. The Labute approximate surface area is 112 Å². The molecule has 88 valence electrons. The molecule has 0 N–H and O–H groups in total. The van der Waals surface area contributed by atoms with Crippen LogP contribution in [0.5, 0.6) is 0 Å². The Kier molecular flexibility index (Phi) is 2.90. The van der Waals surface area contributed by atoms with Crippen LogP contribution in [0.3, 0.4) is 0 Å². The number of hydrogen-bond acceptors (Lipinski definition) is 3. The molecule has 0 radical (unpaired) electrons. The van der Waals surface area contributed by atoms with Gasteiger partial charge in [0.05, 0.1) is 6.20 Å². The number of halogens is 1. The minimum atomic E-state index is 0.756. The Hall–Kier alpha value is -2.01. The minimum absolute atomic E-state index is 0.756. The van der Waals surface area contributed by atoms with Gasteiger partial charge in [0, 0.05) is 28.5 Å². The Morgan fingerprint density at radius 1 is 1.11 bits per heavy atom. The lowest BCUT2D eigenvalue weighted by atomic mass is 10.1. The summed E-state index contributed by atoms with van der Waals surface area (Å²) in [5.41, 5.74) is 2.17. The zero-order chi connectivity index (χ0) is 12.4. The van der Waals surface area contributed by atoms with Crippen LogP contribution in [0.2, 0.25) is 0 Å². The van der Waals surface area contributed by atoms with E-state index in [1.165, 1.54) is 6.33 Å². The highest BCUT2D eigenvalue weighted by molar-refractivity contribution is 9.10. The third kappa shape index (κ3) is 2.17. The van der Waals surface area contributed by atoms with Gasteiger partial charge in [-0.1, -0.05) is 28.1 Å². The summed E-state index contributed by atoms with van der Waals surface area (Å²) in [5, 5.41) is 4.30. The van der Waals surface area contributed by atoms with Crippen molar-refractivity contribution >= 4 is 15.9 Å². The van der Waals surface area contributed by atoms with Crippen LogP contribution in [0.4, 0.5) is 0 Å². The molecule has 2 aromatic heterocycles. The van der Waals surface area contributed by atoms with Gasteiger partial charge in [0.1, 0.15) is 6.33 Å². The smallest absolute Gasteiger partial charge is 0.156 e. The molecule has 0 amide bonds. The van der Waals surface area contributed by atoms with Gasteiger partial charge in [-0.05, 0) is 17.7 Å². The molecule has 0 atom stereocenters. The molecular weight excluding hydrogens is 292 g/mol. The molecule has 0 fully saturated rings. The molecule has 2 heterocycles. The van der Waals surface area contributed by atoms with Gasteiger partial charge in [0.15, 0.2) is 5.82 Å². The topological polar surface area (TPSA) is 43.6 Å². The lowest BCUT2D eigenvalue weighted by molar-refractivity contribution is 0.839. The van der Waals surface area contributed by atoms with E-state index >= 15 is 0 Å². The van der Waals surface area contributed by atoms with Gasteiger partial charge in [0.25, 0.3) is 0 Å². The molecule has 0 spiro atoms. The molecule has 0 bridgehead atoms. The highest BCUT2D eigenvalue weighted by atomic mass is 79.9. The first-order chi connectivity index (χ1) is 8.83. The van der Waals surface area contributed by atoms with Gasteiger partial charge in [-0.2, -0.15) is 5.10 Å². The molecule has 0 aliphatic carbocycles. The van der Waals surface area contributed by atoms with E-state index in [0.717, 1.165) is 21.4 Å². The summed E-state index contributed by atoms with van der Waals surface area (Å²) in [6.45, 7) is 0. The fraction of sp³-hybridized carbons (Fsp3) is 0. The van der Waals surface area contributed by atoms with Crippen molar-refractivity contribution < 1.29 is 0 Å². The van der Waals surface area contributed by atoms with Gasteiger partial charge in [-0.15, -0.1) is 0 Å². The van der Waals surface area contributed by atoms with Crippen LogP contribution < -0.4 is 0 Å². The Balaban J connectivity index is 2.00. The van der Waals surface area contributed by atoms with E-state index in [4.69, 9.17) is 0 Å². The number of nitrogens with zero attached hydrogens (tertiary/aromatic N) is 4. The number of aromatic nitrogens is 4. The standard InChI is InChI=1S/C13H9BrN4/c14-12-3-1-2-10(6-12)11-7-17-18(8-11)13-4-5-15-9-16-13/h1-9H. The maximum atomic E-state index is 4.30. The van der Waals surface area contributed by atoms with Crippen LogP contribution in [-0.4, -0.2) is 19.7 Å². The predicted octanol–water partition coefficient (Wildman–Crippen LogP) is 3.09. The number of rotatable bonds is 2. The first-order valence-electron chi connectivity index (χ1n) is 5.40. The van der Waals surface area contributed by atoms with Gasteiger partial charge >= 0.3 is 0 Å². The molecule has 0 unspecified atom stereocenters. The third-order valence-corrected chi connectivity index (χ3v) is 3.03. The van der Waals surface area contributed by atoms with Crippen LogP contribution in [0, 0.1) is 0 Å². The molecule has 0 aliphatic rings. The lowest BCUT2D eigenvalue weighted by Crippen LogP contribution is -1.96. The number of hydrogen-bond donors (Lipinski definition) is 0. The van der Waals surface area contributed by atoms with E-state index in [9.17, 15) is 0 Å². The van der Waals surface area contributed by atoms with Crippen LogP contribution in [0.15, 0.2) is 59.7 Å². The monoisotopic (exact) mass is 300 g/mol. The lowest BCUT2D eigenvalue weighted by Gasteiger charge is -1.98. The maximum Gasteiger partial charge on any atom is 0.156 e. The molecule has 1 aromatic carbocycles. The van der Waals surface area contributed by atoms with Crippen molar-refractivity contribution in [1.82, 2.24) is 19.7 Å². The molecular formula is C13H9BrN4. The summed E-state index contributed by atoms with van der Waals surface area (Å²) < 4.78 is 2.78. The van der Waals surface area contributed by atoms with E-state index < -0.39 is 0 Å². The molecule has 0 saturated heterocycles. The minimum Gasteiger partial charge on any atom is -0.245 e. The first kappa shape index (κ1) is 11.1. The fourth-order valence-corrected chi connectivity index (χ4v) is 2.08. The number of benzene rings is 1. The van der Waals surface area contributed by atoms with Crippen molar-refractivity contribution in [2.24, 2.45) is 0 Å². The molecule has 0 aliphatic heterocycles. The SMILES string of the molecule is Brc1cccc(-c2cnn(-c3ccncn3)c2)c1. The summed E-state index contributed by atoms with van der Waals surface area (Å²) in [6, 6.07) is 9.92. The van der Waals surface area contributed by atoms with Crippen molar-refractivity contribution in [3.8, 4) is 16.9 Å². The van der Waals surface area contributed by atoms with Gasteiger partial charge < -0.3 is 0 Å². The normalized spacial score (nSPS) is 10.5. The zero-order valence-corrected chi connectivity index (χ0v) is 10.9. The summed E-state index contributed by atoms with van der Waals surface area (Å²) in [7, 11) is 0. The Morgan fingerprint density at radius 3 is 2.83 bits per heavy atom. The zero-order valence-electron chi connectivity index (χ0n) is 9.36. The van der Waals surface area contributed by atoms with Crippen LogP contribution >= 0.6 is 15.9 Å². The molecule has 4 nitrogen and oxygen atoms in total. The molecule has 3 rings (SSSR count). The van der Waals surface area contributed by atoms with Gasteiger partial charge in [0.2, 0.25) is 0 Å². The van der Waals surface area contributed by atoms with Crippen LogP contribution in [0.25, 0.3) is 16.9 Å². The van der Waals surface area contributed by atoms with Crippen molar-refractivity contribution in [1.29, 1.82) is 0 Å². The third-order valence-electron chi connectivity index (χ3n) is 2.54. The highest BCUT2D eigenvalue weighted by Gasteiger charge is 2.04. The van der Waals surface area contributed by atoms with Gasteiger partial charge in [-0.3, -0.25) is 0 Å². The molecule has 3 aromatic rings. The predicted molar refractivity (Wildman–Crippen MR) is 72.3 cm³/mol. The first-order valence-corrected chi connectivity index (χ1v) is 6.19. The Bertz CT molecular complexity index is 664. The van der Waals surface area contributed by atoms with E-state index in [1.807, 2.05) is 36.7 Å². The maximum absolute atomic E-state index is 4.30. The second-order valence-electron chi connectivity index (χ2n) is 3.75. The quantitative estimate of drug-likeness (QED) is 0.730. The van der Waals surface area contributed by atoms with E-state index in [0.29, 0.717) is 0 Å². The largest absolute Gasteiger partial charge is 0.245 e. The van der Waals surface area contributed by atoms with E-state index in [1.54, 1.807) is 10.9 Å². The van der Waals surface area contributed by atoms with Gasteiger partial charge in [-0.25, -0.2) is 14.6 Å². The van der Waals surface area contributed by atoms with E-state index in [2.05, 4.69) is 37.1 Å². The van der Waals surface area contributed by atoms with Crippen molar-refractivity contribution in [2.75, 3.05) is 0 Å². The van der Waals surface area contributed by atoms with Crippen molar-refractivity contribution in [3.63, 3.8) is 0 Å². The van der Waals surface area contributed by atoms with Crippen LogP contribution in [-0.2, 0) is 0 Å². The summed E-state index contributed by atoms with van der Waals surface area (Å²) in [5.74, 6) is 0.756. The second-order valence-corrected chi connectivity index (χ2v) is 4.67. The van der Waals surface area contributed by atoms with Crippen LogP contribution in [0.1, 0.15) is 0 Å². The molecule has 18 heavy (non-hydrogen) atoms.